The summed E-state index contributed by atoms with van der Waals surface area (Å²) in [4.78, 5) is 15.7. The number of sulfonamides is 1. The number of carbonyl (C=O) groups excluding carboxylic acids is 1. The van der Waals surface area contributed by atoms with Gasteiger partial charge in [0, 0.05) is 37.7 Å². The van der Waals surface area contributed by atoms with E-state index in [1.54, 1.807) is 53.7 Å². The Morgan fingerprint density at radius 3 is 2.38 bits per heavy atom. The van der Waals surface area contributed by atoms with Gasteiger partial charge in [-0.2, -0.15) is 4.31 Å². The fourth-order valence-corrected chi connectivity index (χ4v) is 4.97. The third-order valence-corrected chi connectivity index (χ3v) is 7.37. The second-order valence-corrected chi connectivity index (χ2v) is 9.29. The van der Waals surface area contributed by atoms with Crippen LogP contribution >= 0.6 is 11.3 Å². The Morgan fingerprint density at radius 1 is 1.14 bits per heavy atom. The zero-order valence-corrected chi connectivity index (χ0v) is 18.7. The van der Waals surface area contributed by atoms with Crippen LogP contribution in [0.15, 0.2) is 52.7 Å². The Kier molecular flexibility index (Phi) is 9.03. The second-order valence-electron chi connectivity index (χ2n) is 6.32. The van der Waals surface area contributed by atoms with E-state index >= 15 is 0 Å². The van der Waals surface area contributed by atoms with Crippen molar-refractivity contribution in [3.8, 4) is 0 Å². The molecule has 2 aromatic rings. The molecule has 1 aromatic heterocycles. The molecule has 29 heavy (non-hydrogen) atoms. The Labute approximate surface area is 177 Å². The number of hydrogen-bond donors (Lipinski definition) is 0. The number of amides is 1. The summed E-state index contributed by atoms with van der Waals surface area (Å²) in [7, 11) is -1.87. The monoisotopic (exact) mass is 436 g/mol. The van der Waals surface area contributed by atoms with Crippen molar-refractivity contribution in [2.45, 2.75) is 25.3 Å². The number of ether oxygens (including phenoxy) is 1. The molecule has 1 amide bonds. The number of methoxy groups -OCH3 is 1. The van der Waals surface area contributed by atoms with Crippen LogP contribution in [0.3, 0.4) is 0 Å². The van der Waals surface area contributed by atoms with E-state index < -0.39 is 10.0 Å². The van der Waals surface area contributed by atoms with E-state index in [9.17, 15) is 13.2 Å². The Hall–Kier alpha value is -2.00. The molecular formula is C21H28N2O4S2. The largest absolute Gasteiger partial charge is 0.383 e. The molecule has 0 bridgehead atoms. The first-order chi connectivity index (χ1) is 13.9. The molecule has 8 heteroatoms. The summed E-state index contributed by atoms with van der Waals surface area (Å²) < 4.78 is 31.6. The van der Waals surface area contributed by atoms with Crippen LogP contribution in [0.25, 0.3) is 6.08 Å². The molecule has 0 fully saturated rings. The van der Waals surface area contributed by atoms with Crippen molar-refractivity contribution in [3.05, 3.63) is 58.3 Å². The summed E-state index contributed by atoms with van der Waals surface area (Å²) in [5.41, 5.74) is 0.764. The van der Waals surface area contributed by atoms with Gasteiger partial charge in [0.1, 0.15) is 0 Å². The number of benzene rings is 1. The average molecular weight is 437 g/mol. The lowest BCUT2D eigenvalue weighted by molar-refractivity contribution is -0.127. The van der Waals surface area contributed by atoms with Crippen molar-refractivity contribution in [2.24, 2.45) is 0 Å². The van der Waals surface area contributed by atoms with Gasteiger partial charge in [0.25, 0.3) is 0 Å². The Morgan fingerprint density at radius 2 is 1.83 bits per heavy atom. The fraction of sp³-hybridized carbons (Fsp3) is 0.381. The van der Waals surface area contributed by atoms with Crippen LogP contribution in [0.2, 0.25) is 0 Å². The highest BCUT2D eigenvalue weighted by Gasteiger charge is 2.21. The number of rotatable bonds is 11. The smallest absolute Gasteiger partial charge is 0.246 e. The minimum absolute atomic E-state index is 0.115. The minimum Gasteiger partial charge on any atom is -0.383 e. The van der Waals surface area contributed by atoms with Gasteiger partial charge in [-0.15, -0.1) is 11.3 Å². The maximum absolute atomic E-state index is 12.6. The number of thiophene rings is 1. The molecule has 0 saturated carbocycles. The van der Waals surface area contributed by atoms with Gasteiger partial charge in [0.05, 0.1) is 18.0 Å². The van der Waals surface area contributed by atoms with Gasteiger partial charge in [0.2, 0.25) is 15.9 Å². The summed E-state index contributed by atoms with van der Waals surface area (Å²) in [6.45, 7) is 5.98. The molecule has 0 radical (unpaired) electrons. The zero-order chi connectivity index (χ0) is 21.3. The molecular weight excluding hydrogens is 408 g/mol. The lowest BCUT2D eigenvalue weighted by atomic mass is 10.2. The standard InChI is InChI=1S/C21H28N2O4S2/c1-4-23(5-2)29(25,26)20-11-8-18(9-12-20)10-13-21(24)22(14-15-27-3)17-19-7-6-16-28-19/h6-13,16H,4-5,14-15,17H2,1-3H3/b13-10+. The highest BCUT2D eigenvalue weighted by molar-refractivity contribution is 7.89. The lowest BCUT2D eigenvalue weighted by Crippen LogP contribution is -2.31. The minimum atomic E-state index is -3.48. The molecule has 0 atom stereocenters. The van der Waals surface area contributed by atoms with Crippen LogP contribution in [-0.2, 0) is 26.1 Å². The maximum Gasteiger partial charge on any atom is 0.246 e. The van der Waals surface area contributed by atoms with E-state index in [0.29, 0.717) is 32.8 Å². The molecule has 2 rings (SSSR count). The molecule has 1 aromatic carbocycles. The van der Waals surface area contributed by atoms with Gasteiger partial charge in [-0.1, -0.05) is 32.0 Å². The SMILES string of the molecule is CCN(CC)S(=O)(=O)c1ccc(/C=C/C(=O)N(CCOC)Cc2cccs2)cc1. The van der Waals surface area contributed by atoms with E-state index in [0.717, 1.165) is 10.4 Å². The predicted octanol–water partition coefficient (Wildman–Crippen LogP) is 3.47. The molecule has 0 aliphatic heterocycles. The lowest BCUT2D eigenvalue weighted by Gasteiger charge is -2.20. The molecule has 1 heterocycles. The van der Waals surface area contributed by atoms with Gasteiger partial charge < -0.3 is 9.64 Å². The van der Waals surface area contributed by atoms with Crippen molar-refractivity contribution in [2.75, 3.05) is 33.4 Å². The highest BCUT2D eigenvalue weighted by Crippen LogP contribution is 2.17. The van der Waals surface area contributed by atoms with E-state index in [1.807, 2.05) is 31.4 Å². The third kappa shape index (κ3) is 6.50. The van der Waals surface area contributed by atoms with E-state index in [1.165, 1.54) is 10.4 Å². The molecule has 0 aliphatic carbocycles. The summed E-state index contributed by atoms with van der Waals surface area (Å²) in [6.07, 6.45) is 3.21. The van der Waals surface area contributed by atoms with Crippen molar-refractivity contribution in [3.63, 3.8) is 0 Å². The number of hydrogen-bond acceptors (Lipinski definition) is 5. The van der Waals surface area contributed by atoms with Crippen LogP contribution in [0.5, 0.6) is 0 Å². The van der Waals surface area contributed by atoms with Gasteiger partial charge in [0.15, 0.2) is 0 Å². The molecule has 0 N–H and O–H groups in total. The third-order valence-electron chi connectivity index (χ3n) is 4.45. The molecule has 158 valence electrons. The van der Waals surface area contributed by atoms with Gasteiger partial charge in [-0.3, -0.25) is 4.79 Å². The molecule has 6 nitrogen and oxygen atoms in total. The van der Waals surface area contributed by atoms with Crippen molar-refractivity contribution < 1.29 is 17.9 Å². The van der Waals surface area contributed by atoms with E-state index in [4.69, 9.17) is 4.74 Å². The first-order valence-electron chi connectivity index (χ1n) is 9.50. The summed E-state index contributed by atoms with van der Waals surface area (Å²) in [5, 5.41) is 1.98. The number of nitrogens with zero attached hydrogens (tertiary/aromatic N) is 2. The van der Waals surface area contributed by atoms with Crippen molar-refractivity contribution >= 4 is 33.3 Å². The number of carbonyl (C=O) groups is 1. The van der Waals surface area contributed by atoms with Gasteiger partial charge >= 0.3 is 0 Å². The molecule has 0 saturated heterocycles. The second kappa shape index (κ2) is 11.3. The first kappa shape index (κ1) is 23.3. The first-order valence-corrected chi connectivity index (χ1v) is 11.8. The summed E-state index contributed by atoms with van der Waals surface area (Å²) >= 11 is 1.61. The predicted molar refractivity (Wildman–Crippen MR) is 117 cm³/mol. The Balaban J connectivity index is 2.09. The van der Waals surface area contributed by atoms with E-state index in [2.05, 4.69) is 0 Å². The Bertz CT molecular complexity index is 887. The summed E-state index contributed by atoms with van der Waals surface area (Å²) in [6, 6.07) is 10.5. The normalized spacial score (nSPS) is 12.0. The van der Waals surface area contributed by atoms with Crippen LogP contribution in [-0.4, -0.2) is 56.9 Å². The van der Waals surface area contributed by atoms with Crippen LogP contribution in [0.1, 0.15) is 24.3 Å². The van der Waals surface area contributed by atoms with E-state index in [-0.39, 0.29) is 10.8 Å². The van der Waals surface area contributed by atoms with Gasteiger partial charge in [-0.05, 0) is 35.2 Å². The maximum atomic E-state index is 12.6. The fourth-order valence-electron chi connectivity index (χ4n) is 2.80. The van der Waals surface area contributed by atoms with Crippen molar-refractivity contribution in [1.82, 2.24) is 9.21 Å². The van der Waals surface area contributed by atoms with Crippen LogP contribution in [0.4, 0.5) is 0 Å². The van der Waals surface area contributed by atoms with Gasteiger partial charge in [-0.25, -0.2) is 8.42 Å². The van der Waals surface area contributed by atoms with Crippen LogP contribution in [0, 0.1) is 0 Å². The molecule has 0 spiro atoms. The highest BCUT2D eigenvalue weighted by atomic mass is 32.2. The zero-order valence-electron chi connectivity index (χ0n) is 17.1. The topological polar surface area (TPSA) is 66.9 Å². The summed E-state index contributed by atoms with van der Waals surface area (Å²) in [5.74, 6) is -0.115. The molecule has 0 aliphatic rings. The average Bonchev–Trinajstić information content (AvgIpc) is 3.23. The van der Waals surface area contributed by atoms with Crippen molar-refractivity contribution in [1.29, 1.82) is 0 Å². The molecule has 0 unspecified atom stereocenters. The van der Waals surface area contributed by atoms with Crippen LogP contribution < -0.4 is 0 Å². The quantitative estimate of drug-likeness (QED) is 0.506.